The maximum atomic E-state index is 12.6. The third kappa shape index (κ3) is 5.30. The lowest BCUT2D eigenvalue weighted by Crippen LogP contribution is -2.46. The number of amides is 1. The van der Waals surface area contributed by atoms with Crippen LogP contribution in [-0.2, 0) is 15.7 Å². The van der Waals surface area contributed by atoms with Crippen LogP contribution >= 0.6 is 0 Å². The summed E-state index contributed by atoms with van der Waals surface area (Å²) >= 11 is 0. The Bertz CT molecular complexity index is 776. The predicted octanol–water partition coefficient (Wildman–Crippen LogP) is 3.10. The molecule has 144 valence electrons. The van der Waals surface area contributed by atoms with Gasteiger partial charge in [0.2, 0.25) is 0 Å². The van der Waals surface area contributed by atoms with Gasteiger partial charge in [0, 0.05) is 5.56 Å². The van der Waals surface area contributed by atoms with Gasteiger partial charge in [-0.2, -0.15) is 13.2 Å². The first-order valence-electron chi connectivity index (χ1n) is 8.11. The van der Waals surface area contributed by atoms with Gasteiger partial charge < -0.3 is 15.2 Å². The van der Waals surface area contributed by atoms with E-state index in [1.165, 1.54) is 0 Å². The number of halogens is 3. The number of aliphatic hydroxyl groups excluding tert-OH is 1. The van der Waals surface area contributed by atoms with E-state index in [0.717, 1.165) is 24.3 Å². The van der Waals surface area contributed by atoms with Crippen LogP contribution in [0, 0.1) is 0 Å². The summed E-state index contributed by atoms with van der Waals surface area (Å²) in [5, 5.41) is 12.8. The maximum absolute atomic E-state index is 12.6. The first-order chi connectivity index (χ1) is 12.7. The summed E-state index contributed by atoms with van der Waals surface area (Å²) in [6, 6.07) is 10.3. The van der Waals surface area contributed by atoms with E-state index < -0.39 is 35.8 Å². The minimum atomic E-state index is -4.52. The number of ether oxygens (including phenoxy) is 1. The Labute approximate surface area is 153 Å². The Morgan fingerprint density at radius 3 is 2.19 bits per heavy atom. The van der Waals surface area contributed by atoms with E-state index in [1.807, 2.05) is 0 Å². The average Bonchev–Trinajstić information content (AvgIpc) is 2.65. The molecule has 2 N–H and O–H groups in total. The van der Waals surface area contributed by atoms with Gasteiger partial charge in [-0.25, -0.2) is 4.79 Å². The minimum Gasteiger partial charge on any atom is -0.464 e. The Hall–Kier alpha value is -2.87. The molecule has 2 atom stereocenters. The zero-order valence-electron chi connectivity index (χ0n) is 14.4. The number of carbonyl (C=O) groups excluding carboxylic acids is 2. The van der Waals surface area contributed by atoms with E-state index in [9.17, 15) is 27.9 Å². The van der Waals surface area contributed by atoms with Gasteiger partial charge in [-0.1, -0.05) is 30.3 Å². The molecular formula is C19H18F3NO4. The predicted molar refractivity (Wildman–Crippen MR) is 90.7 cm³/mol. The smallest absolute Gasteiger partial charge is 0.416 e. The summed E-state index contributed by atoms with van der Waals surface area (Å²) in [4.78, 5) is 24.5. The largest absolute Gasteiger partial charge is 0.464 e. The van der Waals surface area contributed by atoms with Crippen molar-refractivity contribution in [1.29, 1.82) is 0 Å². The van der Waals surface area contributed by atoms with Crippen LogP contribution in [0.4, 0.5) is 13.2 Å². The van der Waals surface area contributed by atoms with Gasteiger partial charge >= 0.3 is 12.1 Å². The topological polar surface area (TPSA) is 75.6 Å². The molecule has 1 amide bonds. The van der Waals surface area contributed by atoms with Crippen molar-refractivity contribution < 1.29 is 32.6 Å². The third-order valence-electron chi connectivity index (χ3n) is 3.76. The highest BCUT2D eigenvalue weighted by molar-refractivity contribution is 5.97. The molecule has 2 aromatic rings. The number of rotatable bonds is 6. The Morgan fingerprint density at radius 1 is 1.07 bits per heavy atom. The van der Waals surface area contributed by atoms with Gasteiger partial charge in [0.1, 0.15) is 6.10 Å². The van der Waals surface area contributed by atoms with Crippen molar-refractivity contribution in [2.24, 2.45) is 0 Å². The van der Waals surface area contributed by atoms with E-state index in [1.54, 1.807) is 37.3 Å². The second-order valence-electron chi connectivity index (χ2n) is 5.63. The molecule has 2 aromatic carbocycles. The molecule has 0 fully saturated rings. The molecular weight excluding hydrogens is 363 g/mol. The number of hydrogen-bond acceptors (Lipinski definition) is 4. The molecule has 0 aliphatic carbocycles. The van der Waals surface area contributed by atoms with Crippen molar-refractivity contribution in [2.75, 3.05) is 6.61 Å². The zero-order valence-corrected chi connectivity index (χ0v) is 14.4. The molecule has 0 saturated heterocycles. The van der Waals surface area contributed by atoms with Crippen molar-refractivity contribution in [1.82, 2.24) is 5.32 Å². The number of aliphatic hydroxyl groups is 1. The lowest BCUT2D eigenvalue weighted by Gasteiger charge is -2.23. The fourth-order valence-electron chi connectivity index (χ4n) is 2.38. The standard InChI is InChI=1S/C19H18F3NO4/c1-2-27-18(26)15(16(24)12-6-4-3-5-7-12)23-17(25)13-8-10-14(11-9-13)19(20,21)22/h3-11,15-16,24H,2H2,1H3,(H,23,25). The molecule has 0 aliphatic rings. The van der Waals surface area contributed by atoms with Crippen molar-refractivity contribution in [3.63, 3.8) is 0 Å². The van der Waals surface area contributed by atoms with Crippen molar-refractivity contribution in [3.8, 4) is 0 Å². The number of benzene rings is 2. The third-order valence-corrected chi connectivity index (χ3v) is 3.76. The summed E-state index contributed by atoms with van der Waals surface area (Å²) in [6.07, 6.45) is -5.91. The second kappa shape index (κ2) is 8.68. The van der Waals surface area contributed by atoms with E-state index >= 15 is 0 Å². The SMILES string of the molecule is CCOC(=O)C(NC(=O)c1ccc(C(F)(F)F)cc1)C(O)c1ccccc1. The summed E-state index contributed by atoms with van der Waals surface area (Å²) in [5.41, 5.74) is -0.605. The monoisotopic (exact) mass is 381 g/mol. The first kappa shape index (κ1) is 20.4. The van der Waals surface area contributed by atoms with Crippen LogP contribution in [0.15, 0.2) is 54.6 Å². The Kier molecular flexibility index (Phi) is 6.57. The van der Waals surface area contributed by atoms with Crippen LogP contribution in [-0.4, -0.2) is 29.6 Å². The summed E-state index contributed by atoms with van der Waals surface area (Å²) in [5.74, 6) is -1.66. The summed E-state index contributed by atoms with van der Waals surface area (Å²) in [6.45, 7) is 1.61. The summed E-state index contributed by atoms with van der Waals surface area (Å²) in [7, 11) is 0. The lowest BCUT2D eigenvalue weighted by molar-refractivity contribution is -0.148. The quantitative estimate of drug-likeness (QED) is 0.754. The van der Waals surface area contributed by atoms with Gasteiger partial charge in [-0.05, 0) is 36.8 Å². The highest BCUT2D eigenvalue weighted by atomic mass is 19.4. The molecule has 0 bridgehead atoms. The first-order valence-corrected chi connectivity index (χ1v) is 8.11. The van der Waals surface area contributed by atoms with Crippen LogP contribution in [0.3, 0.4) is 0 Å². The number of esters is 1. The van der Waals surface area contributed by atoms with Crippen LogP contribution < -0.4 is 5.32 Å². The second-order valence-corrected chi connectivity index (χ2v) is 5.63. The molecule has 5 nitrogen and oxygen atoms in total. The fourth-order valence-corrected chi connectivity index (χ4v) is 2.38. The number of alkyl halides is 3. The van der Waals surface area contributed by atoms with Crippen LogP contribution in [0.2, 0.25) is 0 Å². The fraction of sp³-hybridized carbons (Fsp3) is 0.263. The molecule has 0 aromatic heterocycles. The van der Waals surface area contributed by atoms with E-state index in [0.29, 0.717) is 5.56 Å². The summed E-state index contributed by atoms with van der Waals surface area (Å²) < 4.78 is 42.7. The van der Waals surface area contributed by atoms with E-state index in [-0.39, 0.29) is 12.2 Å². The highest BCUT2D eigenvalue weighted by Crippen LogP contribution is 2.29. The van der Waals surface area contributed by atoms with Crippen molar-refractivity contribution >= 4 is 11.9 Å². The molecule has 2 rings (SSSR count). The molecule has 0 saturated carbocycles. The number of carbonyl (C=O) groups is 2. The minimum absolute atomic E-state index is 0.0347. The van der Waals surface area contributed by atoms with E-state index in [2.05, 4.69) is 5.32 Å². The Balaban J connectivity index is 2.21. The number of hydrogen-bond donors (Lipinski definition) is 2. The van der Waals surface area contributed by atoms with Crippen molar-refractivity contribution in [2.45, 2.75) is 25.2 Å². The molecule has 0 aliphatic heterocycles. The van der Waals surface area contributed by atoms with Gasteiger partial charge in [-0.15, -0.1) is 0 Å². The van der Waals surface area contributed by atoms with Crippen LogP contribution in [0.5, 0.6) is 0 Å². The van der Waals surface area contributed by atoms with Gasteiger partial charge in [0.05, 0.1) is 12.2 Å². The molecule has 0 spiro atoms. The Morgan fingerprint density at radius 2 is 1.67 bits per heavy atom. The highest BCUT2D eigenvalue weighted by Gasteiger charge is 2.32. The van der Waals surface area contributed by atoms with Gasteiger partial charge in [-0.3, -0.25) is 4.79 Å². The molecule has 8 heteroatoms. The number of nitrogens with one attached hydrogen (secondary N) is 1. The molecule has 0 heterocycles. The molecule has 27 heavy (non-hydrogen) atoms. The van der Waals surface area contributed by atoms with Crippen molar-refractivity contribution in [3.05, 3.63) is 71.3 Å². The lowest BCUT2D eigenvalue weighted by atomic mass is 10.0. The maximum Gasteiger partial charge on any atom is 0.416 e. The molecule has 2 unspecified atom stereocenters. The normalized spacial score (nSPS) is 13.5. The van der Waals surface area contributed by atoms with E-state index in [4.69, 9.17) is 4.74 Å². The van der Waals surface area contributed by atoms with Gasteiger partial charge in [0.25, 0.3) is 5.91 Å². The molecule has 0 radical (unpaired) electrons. The average molecular weight is 381 g/mol. The zero-order chi connectivity index (χ0) is 20.0. The van der Waals surface area contributed by atoms with Crippen LogP contribution in [0.1, 0.15) is 34.5 Å². The van der Waals surface area contributed by atoms with Crippen LogP contribution in [0.25, 0.3) is 0 Å². The van der Waals surface area contributed by atoms with Gasteiger partial charge in [0.15, 0.2) is 6.04 Å².